The van der Waals surface area contributed by atoms with Gasteiger partial charge in [0.05, 0.1) is 12.7 Å². The van der Waals surface area contributed by atoms with Gasteiger partial charge in [0, 0.05) is 0 Å². The second-order valence-electron chi connectivity index (χ2n) is 4.68. The average molecular weight is 228 g/mol. The first-order valence-electron chi connectivity index (χ1n) is 6.49. The number of esters is 1. The molecule has 0 amide bonds. The van der Waals surface area contributed by atoms with E-state index in [2.05, 4.69) is 6.92 Å². The van der Waals surface area contributed by atoms with E-state index in [1.54, 1.807) is 0 Å². The summed E-state index contributed by atoms with van der Waals surface area (Å²) in [6.07, 6.45) is 5.24. The third-order valence-electron chi connectivity index (χ3n) is 3.17. The van der Waals surface area contributed by atoms with E-state index >= 15 is 0 Å². The third-order valence-corrected chi connectivity index (χ3v) is 3.17. The average Bonchev–Trinajstić information content (AvgIpc) is 2.26. The molecule has 1 aliphatic rings. The van der Waals surface area contributed by atoms with Crippen LogP contribution < -0.4 is 0 Å². The minimum Gasteiger partial charge on any atom is -0.464 e. The van der Waals surface area contributed by atoms with E-state index in [4.69, 9.17) is 9.47 Å². The van der Waals surface area contributed by atoms with Crippen LogP contribution in [-0.4, -0.2) is 24.8 Å². The fourth-order valence-electron chi connectivity index (χ4n) is 2.29. The number of rotatable bonds is 5. The van der Waals surface area contributed by atoms with Crippen LogP contribution in [0, 0.1) is 5.92 Å². The molecule has 3 heteroatoms. The summed E-state index contributed by atoms with van der Waals surface area (Å²) in [5.41, 5.74) is 0. The molecule has 1 rings (SSSR count). The van der Waals surface area contributed by atoms with Crippen molar-refractivity contribution in [3.8, 4) is 0 Å². The standard InChI is InChI=1S/C13H24O3/c1-4-12(13(14)15-5-2)16-11-8-6-7-10(3)9-11/h10-12H,4-9H2,1-3H3. The summed E-state index contributed by atoms with van der Waals surface area (Å²) >= 11 is 0. The molecule has 3 nitrogen and oxygen atoms in total. The van der Waals surface area contributed by atoms with Gasteiger partial charge in [0.2, 0.25) is 0 Å². The van der Waals surface area contributed by atoms with Crippen LogP contribution in [0.1, 0.15) is 52.9 Å². The van der Waals surface area contributed by atoms with Crippen LogP contribution in [0.25, 0.3) is 0 Å². The van der Waals surface area contributed by atoms with E-state index in [1.807, 2.05) is 13.8 Å². The van der Waals surface area contributed by atoms with E-state index in [9.17, 15) is 4.79 Å². The summed E-state index contributed by atoms with van der Waals surface area (Å²) < 4.78 is 10.9. The molecule has 3 unspecified atom stereocenters. The SMILES string of the molecule is CCOC(=O)C(CC)OC1CCCC(C)C1. The molecular formula is C13H24O3. The van der Waals surface area contributed by atoms with Crippen molar-refractivity contribution >= 4 is 5.97 Å². The maximum atomic E-state index is 11.6. The Balaban J connectivity index is 2.39. The summed E-state index contributed by atoms with van der Waals surface area (Å²) in [6.45, 7) is 6.47. The van der Waals surface area contributed by atoms with Crippen LogP contribution in [0.5, 0.6) is 0 Å². The summed E-state index contributed by atoms with van der Waals surface area (Å²) in [6, 6.07) is 0. The second kappa shape index (κ2) is 6.89. The topological polar surface area (TPSA) is 35.5 Å². The molecule has 0 aliphatic heterocycles. The molecule has 16 heavy (non-hydrogen) atoms. The number of carbonyl (C=O) groups excluding carboxylic acids is 1. The third kappa shape index (κ3) is 4.12. The minimum absolute atomic E-state index is 0.205. The van der Waals surface area contributed by atoms with Crippen LogP contribution in [0.4, 0.5) is 0 Å². The molecule has 0 N–H and O–H groups in total. The highest BCUT2D eigenvalue weighted by atomic mass is 16.6. The highest BCUT2D eigenvalue weighted by molar-refractivity contribution is 5.74. The van der Waals surface area contributed by atoms with Crippen molar-refractivity contribution in [2.75, 3.05) is 6.61 Å². The van der Waals surface area contributed by atoms with Gasteiger partial charge in [-0.3, -0.25) is 0 Å². The smallest absolute Gasteiger partial charge is 0.335 e. The van der Waals surface area contributed by atoms with Gasteiger partial charge < -0.3 is 9.47 Å². The van der Waals surface area contributed by atoms with Crippen molar-refractivity contribution in [2.45, 2.75) is 65.1 Å². The van der Waals surface area contributed by atoms with Crippen molar-refractivity contribution in [3.05, 3.63) is 0 Å². The summed E-state index contributed by atoms with van der Waals surface area (Å²) in [5, 5.41) is 0. The molecule has 0 aromatic rings. The predicted octanol–water partition coefficient (Wildman–Crippen LogP) is 2.92. The molecule has 0 radical (unpaired) electrons. The quantitative estimate of drug-likeness (QED) is 0.679. The number of hydrogen-bond donors (Lipinski definition) is 0. The second-order valence-corrected chi connectivity index (χ2v) is 4.68. The van der Waals surface area contributed by atoms with Gasteiger partial charge in [0.1, 0.15) is 0 Å². The predicted molar refractivity (Wildman–Crippen MR) is 63.2 cm³/mol. The Morgan fingerprint density at radius 1 is 1.38 bits per heavy atom. The van der Waals surface area contributed by atoms with Crippen LogP contribution in [-0.2, 0) is 14.3 Å². The van der Waals surface area contributed by atoms with Gasteiger partial charge in [0.15, 0.2) is 6.10 Å². The number of carbonyl (C=O) groups is 1. The normalized spacial score (nSPS) is 27.4. The zero-order chi connectivity index (χ0) is 12.0. The Hall–Kier alpha value is -0.570. The van der Waals surface area contributed by atoms with E-state index in [0.29, 0.717) is 13.0 Å². The van der Waals surface area contributed by atoms with E-state index in [-0.39, 0.29) is 18.2 Å². The van der Waals surface area contributed by atoms with E-state index in [1.165, 1.54) is 12.8 Å². The fourth-order valence-corrected chi connectivity index (χ4v) is 2.29. The Kier molecular flexibility index (Phi) is 5.81. The van der Waals surface area contributed by atoms with Crippen molar-refractivity contribution in [2.24, 2.45) is 5.92 Å². The molecule has 0 saturated heterocycles. The Bertz CT molecular complexity index is 215. The van der Waals surface area contributed by atoms with Crippen molar-refractivity contribution < 1.29 is 14.3 Å². The van der Waals surface area contributed by atoms with Gasteiger partial charge in [-0.15, -0.1) is 0 Å². The summed E-state index contributed by atoms with van der Waals surface area (Å²) in [4.78, 5) is 11.6. The van der Waals surface area contributed by atoms with Gasteiger partial charge >= 0.3 is 5.97 Å². The zero-order valence-corrected chi connectivity index (χ0v) is 10.7. The molecule has 94 valence electrons. The van der Waals surface area contributed by atoms with E-state index in [0.717, 1.165) is 18.8 Å². The van der Waals surface area contributed by atoms with Crippen molar-refractivity contribution in [1.82, 2.24) is 0 Å². The Labute approximate surface area is 98.5 Å². The number of ether oxygens (including phenoxy) is 2. The Morgan fingerprint density at radius 3 is 2.69 bits per heavy atom. The molecule has 3 atom stereocenters. The molecule has 1 aliphatic carbocycles. The maximum absolute atomic E-state index is 11.6. The van der Waals surface area contributed by atoms with Crippen LogP contribution >= 0.6 is 0 Å². The monoisotopic (exact) mass is 228 g/mol. The maximum Gasteiger partial charge on any atom is 0.335 e. The van der Waals surface area contributed by atoms with Crippen LogP contribution in [0.2, 0.25) is 0 Å². The van der Waals surface area contributed by atoms with Gasteiger partial charge in [-0.25, -0.2) is 4.79 Å². The van der Waals surface area contributed by atoms with Gasteiger partial charge in [0.25, 0.3) is 0 Å². The van der Waals surface area contributed by atoms with Crippen LogP contribution in [0.3, 0.4) is 0 Å². The first-order chi connectivity index (χ1) is 7.67. The lowest BCUT2D eigenvalue weighted by atomic mass is 9.88. The molecule has 0 heterocycles. The molecule has 0 aromatic heterocycles. The lowest BCUT2D eigenvalue weighted by Gasteiger charge is -2.29. The highest BCUT2D eigenvalue weighted by Crippen LogP contribution is 2.27. The van der Waals surface area contributed by atoms with Gasteiger partial charge in [-0.2, -0.15) is 0 Å². The molecule has 1 fully saturated rings. The fraction of sp³-hybridized carbons (Fsp3) is 0.923. The largest absolute Gasteiger partial charge is 0.464 e. The van der Waals surface area contributed by atoms with Crippen molar-refractivity contribution in [1.29, 1.82) is 0 Å². The minimum atomic E-state index is -0.366. The Morgan fingerprint density at radius 2 is 2.12 bits per heavy atom. The summed E-state index contributed by atoms with van der Waals surface area (Å²) in [7, 11) is 0. The lowest BCUT2D eigenvalue weighted by molar-refractivity contribution is -0.162. The highest BCUT2D eigenvalue weighted by Gasteiger charge is 2.26. The first kappa shape index (κ1) is 13.5. The van der Waals surface area contributed by atoms with Gasteiger partial charge in [-0.05, 0) is 32.1 Å². The zero-order valence-electron chi connectivity index (χ0n) is 10.7. The summed E-state index contributed by atoms with van der Waals surface area (Å²) in [5.74, 6) is 0.515. The molecule has 0 spiro atoms. The number of hydrogen-bond acceptors (Lipinski definition) is 3. The molecular weight excluding hydrogens is 204 g/mol. The molecule has 1 saturated carbocycles. The lowest BCUT2D eigenvalue weighted by Crippen LogP contribution is -2.33. The first-order valence-corrected chi connectivity index (χ1v) is 6.49. The van der Waals surface area contributed by atoms with Crippen molar-refractivity contribution in [3.63, 3.8) is 0 Å². The van der Waals surface area contributed by atoms with Crippen LogP contribution in [0.15, 0.2) is 0 Å². The van der Waals surface area contributed by atoms with Gasteiger partial charge in [-0.1, -0.05) is 26.7 Å². The van der Waals surface area contributed by atoms with E-state index < -0.39 is 0 Å². The molecule has 0 bridgehead atoms. The molecule has 0 aromatic carbocycles.